The zero-order chi connectivity index (χ0) is 14.0. The van der Waals surface area contributed by atoms with Crippen LogP contribution in [0.25, 0.3) is 11.0 Å². The SMILES string of the molecule is CC(C)N(C)S(=O)(=O)NCc1cccc2nsnc12. The zero-order valence-electron chi connectivity index (χ0n) is 11.0. The summed E-state index contributed by atoms with van der Waals surface area (Å²) in [6.45, 7) is 3.86. The van der Waals surface area contributed by atoms with Crippen molar-refractivity contribution in [2.24, 2.45) is 0 Å². The molecule has 0 amide bonds. The highest BCUT2D eigenvalue weighted by atomic mass is 32.2. The first-order chi connectivity index (χ1) is 8.92. The smallest absolute Gasteiger partial charge is 0.198 e. The average molecular weight is 300 g/mol. The second-order valence-electron chi connectivity index (χ2n) is 4.49. The van der Waals surface area contributed by atoms with Gasteiger partial charge in [0.25, 0.3) is 10.2 Å². The lowest BCUT2D eigenvalue weighted by atomic mass is 10.2. The van der Waals surface area contributed by atoms with Crippen LogP contribution in [0.4, 0.5) is 0 Å². The molecule has 0 bridgehead atoms. The highest BCUT2D eigenvalue weighted by Gasteiger charge is 2.20. The Hall–Kier alpha value is -1.09. The van der Waals surface area contributed by atoms with Crippen molar-refractivity contribution in [3.8, 4) is 0 Å². The van der Waals surface area contributed by atoms with Crippen LogP contribution in [-0.2, 0) is 16.8 Å². The Labute approximate surface area is 117 Å². The number of benzene rings is 1. The molecule has 0 aliphatic heterocycles. The fraction of sp³-hybridized carbons (Fsp3) is 0.455. The summed E-state index contributed by atoms with van der Waals surface area (Å²) < 4.78 is 36.2. The summed E-state index contributed by atoms with van der Waals surface area (Å²) in [6.07, 6.45) is 0. The van der Waals surface area contributed by atoms with Gasteiger partial charge in [0.2, 0.25) is 0 Å². The number of rotatable bonds is 5. The summed E-state index contributed by atoms with van der Waals surface area (Å²) >= 11 is 1.12. The maximum atomic E-state index is 12.0. The molecule has 2 rings (SSSR count). The number of nitrogens with zero attached hydrogens (tertiary/aromatic N) is 3. The molecule has 0 radical (unpaired) electrons. The molecule has 0 saturated heterocycles. The van der Waals surface area contributed by atoms with Crippen LogP contribution in [-0.4, -0.2) is 34.6 Å². The van der Waals surface area contributed by atoms with E-state index in [1.165, 1.54) is 4.31 Å². The van der Waals surface area contributed by atoms with Crippen LogP contribution >= 0.6 is 11.7 Å². The number of nitrogens with one attached hydrogen (secondary N) is 1. The summed E-state index contributed by atoms with van der Waals surface area (Å²) in [4.78, 5) is 0. The van der Waals surface area contributed by atoms with Crippen molar-refractivity contribution in [1.82, 2.24) is 17.8 Å². The lowest BCUT2D eigenvalue weighted by Crippen LogP contribution is -2.41. The van der Waals surface area contributed by atoms with Gasteiger partial charge >= 0.3 is 0 Å². The van der Waals surface area contributed by atoms with Crippen LogP contribution in [0.1, 0.15) is 19.4 Å². The van der Waals surface area contributed by atoms with Crippen LogP contribution in [0.2, 0.25) is 0 Å². The van der Waals surface area contributed by atoms with Crippen molar-refractivity contribution in [3.05, 3.63) is 23.8 Å². The molecule has 0 fully saturated rings. The predicted octanol–water partition coefficient (Wildman–Crippen LogP) is 1.37. The van der Waals surface area contributed by atoms with E-state index in [0.29, 0.717) is 0 Å². The third-order valence-corrected chi connectivity index (χ3v) is 5.15. The topological polar surface area (TPSA) is 75.2 Å². The van der Waals surface area contributed by atoms with Gasteiger partial charge in [-0.05, 0) is 25.5 Å². The Morgan fingerprint density at radius 2 is 2.11 bits per heavy atom. The lowest BCUT2D eigenvalue weighted by molar-refractivity contribution is 0.402. The van der Waals surface area contributed by atoms with Gasteiger partial charge in [0.1, 0.15) is 11.0 Å². The summed E-state index contributed by atoms with van der Waals surface area (Å²) in [5, 5.41) is 0. The van der Waals surface area contributed by atoms with E-state index in [0.717, 1.165) is 28.3 Å². The number of fused-ring (bicyclic) bond motifs is 1. The maximum Gasteiger partial charge on any atom is 0.279 e. The van der Waals surface area contributed by atoms with Crippen LogP contribution in [0.3, 0.4) is 0 Å². The van der Waals surface area contributed by atoms with Gasteiger partial charge < -0.3 is 0 Å². The largest absolute Gasteiger partial charge is 0.279 e. The molecular weight excluding hydrogens is 284 g/mol. The molecule has 0 spiro atoms. The van der Waals surface area contributed by atoms with Gasteiger partial charge in [0.15, 0.2) is 0 Å². The van der Waals surface area contributed by atoms with Crippen LogP contribution < -0.4 is 4.72 Å². The normalized spacial score (nSPS) is 12.7. The Bertz CT molecular complexity index is 666. The van der Waals surface area contributed by atoms with Crippen molar-refractivity contribution in [1.29, 1.82) is 0 Å². The lowest BCUT2D eigenvalue weighted by Gasteiger charge is -2.21. The van der Waals surface area contributed by atoms with Crippen molar-refractivity contribution in [3.63, 3.8) is 0 Å². The maximum absolute atomic E-state index is 12.0. The second-order valence-corrected chi connectivity index (χ2v) is 6.83. The minimum Gasteiger partial charge on any atom is -0.198 e. The van der Waals surface area contributed by atoms with Crippen molar-refractivity contribution >= 4 is 33.0 Å². The molecule has 19 heavy (non-hydrogen) atoms. The van der Waals surface area contributed by atoms with Gasteiger partial charge in [0.05, 0.1) is 11.7 Å². The molecule has 1 N–H and O–H groups in total. The minimum absolute atomic E-state index is 0.0887. The van der Waals surface area contributed by atoms with Crippen LogP contribution in [0.5, 0.6) is 0 Å². The third-order valence-electron chi connectivity index (χ3n) is 2.92. The van der Waals surface area contributed by atoms with E-state index in [1.807, 2.05) is 32.0 Å². The quantitative estimate of drug-likeness (QED) is 0.905. The van der Waals surface area contributed by atoms with E-state index in [-0.39, 0.29) is 12.6 Å². The second kappa shape index (κ2) is 5.49. The molecule has 0 aliphatic rings. The van der Waals surface area contributed by atoms with Crippen LogP contribution in [0, 0.1) is 0 Å². The van der Waals surface area contributed by atoms with Crippen LogP contribution in [0.15, 0.2) is 18.2 Å². The van der Waals surface area contributed by atoms with Crippen molar-refractivity contribution in [2.75, 3.05) is 7.05 Å². The standard InChI is InChI=1S/C11H16N4O2S2/c1-8(2)15(3)19(16,17)12-7-9-5-4-6-10-11(9)14-18-13-10/h4-6,8,12H,7H2,1-3H3. The van der Waals surface area contributed by atoms with E-state index >= 15 is 0 Å². The fourth-order valence-electron chi connectivity index (χ4n) is 1.55. The minimum atomic E-state index is -3.47. The molecular formula is C11H16N4O2S2. The first kappa shape index (κ1) is 14.3. The third kappa shape index (κ3) is 3.08. The molecule has 0 unspecified atom stereocenters. The van der Waals surface area contributed by atoms with E-state index in [1.54, 1.807) is 7.05 Å². The van der Waals surface area contributed by atoms with Crippen molar-refractivity contribution < 1.29 is 8.42 Å². The molecule has 0 atom stereocenters. The molecule has 2 aromatic rings. The Morgan fingerprint density at radius 3 is 2.79 bits per heavy atom. The van der Waals surface area contributed by atoms with Gasteiger partial charge in [-0.15, -0.1) is 0 Å². The van der Waals surface area contributed by atoms with Gasteiger partial charge in [-0.2, -0.15) is 26.2 Å². The monoisotopic (exact) mass is 300 g/mol. The Kier molecular flexibility index (Phi) is 4.14. The van der Waals surface area contributed by atoms with Gasteiger partial charge in [-0.1, -0.05) is 12.1 Å². The molecule has 6 nitrogen and oxygen atoms in total. The predicted molar refractivity (Wildman–Crippen MR) is 76.1 cm³/mol. The van der Waals surface area contributed by atoms with Gasteiger partial charge in [-0.3, -0.25) is 0 Å². The van der Waals surface area contributed by atoms with E-state index in [2.05, 4.69) is 13.5 Å². The molecule has 0 saturated carbocycles. The number of hydrogen-bond donors (Lipinski definition) is 1. The Balaban J connectivity index is 2.17. The first-order valence-electron chi connectivity index (χ1n) is 5.84. The summed E-state index contributed by atoms with van der Waals surface area (Å²) in [7, 11) is -1.92. The number of hydrogen-bond acceptors (Lipinski definition) is 5. The van der Waals surface area contributed by atoms with Gasteiger partial charge in [0, 0.05) is 19.6 Å². The van der Waals surface area contributed by atoms with E-state index in [9.17, 15) is 8.42 Å². The first-order valence-corrected chi connectivity index (χ1v) is 8.01. The summed E-state index contributed by atoms with van der Waals surface area (Å²) in [5.41, 5.74) is 2.37. The van der Waals surface area contributed by atoms with Crippen molar-refractivity contribution in [2.45, 2.75) is 26.4 Å². The van der Waals surface area contributed by atoms with E-state index in [4.69, 9.17) is 0 Å². The zero-order valence-corrected chi connectivity index (χ0v) is 12.6. The molecule has 1 aromatic carbocycles. The molecule has 104 valence electrons. The molecule has 1 aromatic heterocycles. The molecule has 0 aliphatic carbocycles. The highest BCUT2D eigenvalue weighted by Crippen LogP contribution is 2.16. The summed E-state index contributed by atoms with van der Waals surface area (Å²) in [6, 6.07) is 5.47. The fourth-order valence-corrected chi connectivity index (χ4v) is 3.22. The van der Waals surface area contributed by atoms with E-state index < -0.39 is 10.2 Å². The molecule has 8 heteroatoms. The number of aromatic nitrogens is 2. The average Bonchev–Trinajstić information content (AvgIpc) is 2.83. The Morgan fingerprint density at radius 1 is 1.37 bits per heavy atom. The molecule has 1 heterocycles. The highest BCUT2D eigenvalue weighted by molar-refractivity contribution is 7.87. The van der Waals surface area contributed by atoms with Gasteiger partial charge in [-0.25, -0.2) is 0 Å². The summed E-state index contributed by atoms with van der Waals surface area (Å²) in [5.74, 6) is 0.